The molecule has 0 fully saturated rings. The van der Waals surface area contributed by atoms with E-state index in [0.717, 1.165) is 44.9 Å². The van der Waals surface area contributed by atoms with Crippen LogP contribution in [0, 0.1) is 0 Å². The highest BCUT2D eigenvalue weighted by Crippen LogP contribution is 2.20. The summed E-state index contributed by atoms with van der Waals surface area (Å²) in [5, 5.41) is 23.4. The Morgan fingerprint density at radius 1 is 0.304 bits per heavy atom. The van der Waals surface area contributed by atoms with Gasteiger partial charge in [-0.3, -0.25) is 9.59 Å². The van der Waals surface area contributed by atoms with Crippen LogP contribution in [0.15, 0.2) is 36.5 Å². The molecule has 92 heavy (non-hydrogen) atoms. The van der Waals surface area contributed by atoms with Gasteiger partial charge < -0.3 is 20.3 Å². The molecule has 0 aromatic carbocycles. The predicted molar refractivity (Wildman–Crippen MR) is 407 cm³/mol. The molecule has 0 radical (unpaired) electrons. The summed E-state index contributed by atoms with van der Waals surface area (Å²) in [4.78, 5) is 24.7. The van der Waals surface area contributed by atoms with Gasteiger partial charge in [0.2, 0.25) is 5.91 Å². The van der Waals surface area contributed by atoms with Gasteiger partial charge in [0.25, 0.3) is 0 Å². The summed E-state index contributed by atoms with van der Waals surface area (Å²) in [5.41, 5.74) is 0. The van der Waals surface area contributed by atoms with Crippen molar-refractivity contribution in [2.75, 3.05) is 13.2 Å². The Balaban J connectivity index is 3.35. The quantitative estimate of drug-likeness (QED) is 0.0320. The summed E-state index contributed by atoms with van der Waals surface area (Å²) in [5.74, 6) is -0.00815. The molecule has 3 N–H and O–H groups in total. The molecule has 0 aromatic rings. The zero-order chi connectivity index (χ0) is 66.3. The Bertz CT molecular complexity index is 1490. The van der Waals surface area contributed by atoms with Crippen molar-refractivity contribution < 1.29 is 24.5 Å². The lowest BCUT2D eigenvalue weighted by atomic mass is 10.0. The van der Waals surface area contributed by atoms with Crippen molar-refractivity contribution in [3.05, 3.63) is 36.5 Å². The number of allylic oxidation sites excluding steroid dienone is 6. The minimum absolute atomic E-state index is 0.0193. The van der Waals surface area contributed by atoms with Crippen molar-refractivity contribution >= 4 is 11.9 Å². The number of carbonyl (C=O) groups is 2. The Kier molecular flexibility index (Phi) is 79.8. The van der Waals surface area contributed by atoms with E-state index in [9.17, 15) is 19.8 Å². The maximum Gasteiger partial charge on any atom is 0.305 e. The number of esters is 1. The number of amides is 1. The standard InChI is InChI=1S/C86H165NO5/c1-3-5-7-9-11-13-15-17-19-21-42-46-50-54-58-62-66-70-74-78-84(89)83(82-88)87-85(90)79-75-71-67-63-59-55-51-47-44-40-38-36-34-32-30-28-26-24-23-25-27-29-31-33-35-37-39-41-45-49-53-57-61-65-69-73-77-81-92-86(91)80-76-72-68-64-60-56-52-48-43-22-20-18-16-14-12-10-8-6-4-2/h18,20,23,25,29,31,83-84,88-89H,3-17,19,21-22,24,26-28,30,32-82H2,1-2H3,(H,87,90)/b20-18-,25-23-,31-29-. The molecule has 0 saturated carbocycles. The van der Waals surface area contributed by atoms with Crippen LogP contribution in [0.2, 0.25) is 0 Å². The lowest BCUT2D eigenvalue weighted by Gasteiger charge is -2.22. The van der Waals surface area contributed by atoms with E-state index in [0.29, 0.717) is 25.9 Å². The van der Waals surface area contributed by atoms with E-state index in [4.69, 9.17) is 4.74 Å². The molecule has 0 aliphatic heterocycles. The van der Waals surface area contributed by atoms with E-state index >= 15 is 0 Å². The van der Waals surface area contributed by atoms with Crippen LogP contribution in [0.25, 0.3) is 0 Å². The maximum atomic E-state index is 12.6. The third kappa shape index (κ3) is 77.1. The summed E-state index contributed by atoms with van der Waals surface area (Å²) < 4.78 is 5.52. The van der Waals surface area contributed by atoms with Crippen LogP contribution in [0.5, 0.6) is 0 Å². The smallest absolute Gasteiger partial charge is 0.305 e. The first-order valence-corrected chi connectivity index (χ1v) is 42.2. The van der Waals surface area contributed by atoms with Gasteiger partial charge in [0.05, 0.1) is 25.4 Å². The first-order valence-electron chi connectivity index (χ1n) is 42.2. The Morgan fingerprint density at radius 3 is 0.837 bits per heavy atom. The van der Waals surface area contributed by atoms with Crippen LogP contribution in [-0.2, 0) is 14.3 Å². The molecule has 0 aliphatic rings. The highest BCUT2D eigenvalue weighted by atomic mass is 16.5. The van der Waals surface area contributed by atoms with Gasteiger partial charge in [0.15, 0.2) is 0 Å². The molecule has 0 aliphatic carbocycles. The number of rotatable bonds is 80. The number of hydrogen-bond donors (Lipinski definition) is 3. The number of hydrogen-bond acceptors (Lipinski definition) is 5. The van der Waals surface area contributed by atoms with Crippen LogP contribution in [0.4, 0.5) is 0 Å². The summed E-state index contributed by atoms with van der Waals surface area (Å²) in [7, 11) is 0. The fraction of sp³-hybridized carbons (Fsp3) is 0.907. The molecule has 0 rings (SSSR count). The minimum atomic E-state index is -0.663. The van der Waals surface area contributed by atoms with Gasteiger partial charge >= 0.3 is 5.97 Å². The molecule has 0 heterocycles. The Labute approximate surface area is 576 Å². The van der Waals surface area contributed by atoms with Crippen LogP contribution in [0.3, 0.4) is 0 Å². The van der Waals surface area contributed by atoms with Crippen molar-refractivity contribution in [3.63, 3.8) is 0 Å². The Morgan fingerprint density at radius 2 is 0.543 bits per heavy atom. The lowest BCUT2D eigenvalue weighted by molar-refractivity contribution is -0.143. The molecule has 6 heteroatoms. The van der Waals surface area contributed by atoms with E-state index in [1.807, 2.05) is 0 Å². The first-order chi connectivity index (χ1) is 45.5. The van der Waals surface area contributed by atoms with Gasteiger partial charge in [-0.05, 0) is 83.5 Å². The van der Waals surface area contributed by atoms with Crippen LogP contribution < -0.4 is 5.32 Å². The number of ether oxygens (including phenoxy) is 1. The molecule has 0 aromatic heterocycles. The average molecular weight is 1290 g/mol. The highest BCUT2D eigenvalue weighted by Gasteiger charge is 2.20. The van der Waals surface area contributed by atoms with Gasteiger partial charge in [-0.1, -0.05) is 416 Å². The third-order valence-electron chi connectivity index (χ3n) is 19.9. The summed E-state index contributed by atoms with van der Waals surface area (Å²) >= 11 is 0. The van der Waals surface area contributed by atoms with Gasteiger partial charge in [0, 0.05) is 12.8 Å². The normalized spacial score (nSPS) is 12.6. The fourth-order valence-corrected chi connectivity index (χ4v) is 13.5. The second kappa shape index (κ2) is 81.5. The lowest BCUT2D eigenvalue weighted by Crippen LogP contribution is -2.45. The van der Waals surface area contributed by atoms with Crippen molar-refractivity contribution in [2.45, 2.75) is 488 Å². The molecule has 0 bridgehead atoms. The number of aliphatic hydroxyl groups excluding tert-OH is 2. The van der Waals surface area contributed by atoms with Gasteiger partial charge in [-0.25, -0.2) is 0 Å². The summed E-state index contributed by atoms with van der Waals surface area (Å²) in [6.07, 6.45) is 107. The van der Waals surface area contributed by atoms with Crippen LogP contribution >= 0.6 is 0 Å². The molecule has 6 nitrogen and oxygen atoms in total. The minimum Gasteiger partial charge on any atom is -0.466 e. The van der Waals surface area contributed by atoms with E-state index < -0.39 is 12.1 Å². The van der Waals surface area contributed by atoms with Crippen molar-refractivity contribution in [2.24, 2.45) is 0 Å². The third-order valence-corrected chi connectivity index (χ3v) is 19.9. The van der Waals surface area contributed by atoms with Crippen LogP contribution in [-0.4, -0.2) is 47.4 Å². The van der Waals surface area contributed by atoms with E-state index in [-0.39, 0.29) is 18.5 Å². The molecule has 0 saturated heterocycles. The number of carbonyl (C=O) groups excluding carboxylic acids is 2. The Hall–Kier alpha value is -1.92. The zero-order valence-electron chi connectivity index (χ0n) is 62.6. The van der Waals surface area contributed by atoms with Crippen molar-refractivity contribution in [3.8, 4) is 0 Å². The maximum absolute atomic E-state index is 12.6. The topological polar surface area (TPSA) is 95.9 Å². The fourth-order valence-electron chi connectivity index (χ4n) is 13.5. The summed E-state index contributed by atoms with van der Waals surface area (Å²) in [6.45, 7) is 5.00. The van der Waals surface area contributed by atoms with Crippen LogP contribution in [0.1, 0.15) is 476 Å². The van der Waals surface area contributed by atoms with E-state index in [1.165, 1.54) is 398 Å². The average Bonchev–Trinajstić information content (AvgIpc) is 3.61. The zero-order valence-corrected chi connectivity index (χ0v) is 62.6. The van der Waals surface area contributed by atoms with Crippen molar-refractivity contribution in [1.82, 2.24) is 5.32 Å². The van der Waals surface area contributed by atoms with Crippen molar-refractivity contribution in [1.29, 1.82) is 0 Å². The largest absolute Gasteiger partial charge is 0.466 e. The first kappa shape index (κ1) is 90.1. The number of nitrogens with one attached hydrogen (secondary N) is 1. The molecule has 2 atom stereocenters. The van der Waals surface area contributed by atoms with E-state index in [2.05, 4.69) is 55.6 Å². The summed E-state index contributed by atoms with van der Waals surface area (Å²) in [6, 6.07) is -0.540. The predicted octanol–water partition coefficient (Wildman–Crippen LogP) is 28.2. The molecular formula is C86H165NO5. The number of unbranched alkanes of at least 4 members (excludes halogenated alkanes) is 63. The van der Waals surface area contributed by atoms with E-state index in [1.54, 1.807) is 0 Å². The monoisotopic (exact) mass is 1290 g/mol. The number of aliphatic hydroxyl groups is 2. The molecule has 0 spiro atoms. The second-order valence-corrected chi connectivity index (χ2v) is 29.2. The van der Waals surface area contributed by atoms with Gasteiger partial charge in [0.1, 0.15) is 0 Å². The van der Waals surface area contributed by atoms with Gasteiger partial charge in [-0.2, -0.15) is 0 Å². The highest BCUT2D eigenvalue weighted by molar-refractivity contribution is 5.76. The molecule has 2 unspecified atom stereocenters. The molecule has 1 amide bonds. The molecular weight excluding hydrogens is 1130 g/mol. The van der Waals surface area contributed by atoms with Gasteiger partial charge in [-0.15, -0.1) is 0 Å². The SMILES string of the molecule is CCCCCCCC/C=C\CCCCCCCCCCCC(=O)OCCCCCCCCCCCCCCC/C=C\C/C=C\CCCCCCCCCCCCCCCCCCCC(=O)NC(CO)C(O)CCCCCCCCCCCCCCCCCCCCC. The second-order valence-electron chi connectivity index (χ2n) is 29.2. The molecule has 544 valence electrons.